The second kappa shape index (κ2) is 7.22. The summed E-state index contributed by atoms with van der Waals surface area (Å²) in [4.78, 5) is 25.7. The van der Waals surface area contributed by atoms with Crippen LogP contribution < -0.4 is 5.32 Å². The van der Waals surface area contributed by atoms with Crippen molar-refractivity contribution in [2.75, 3.05) is 26.8 Å². The molecule has 0 radical (unpaired) electrons. The maximum absolute atomic E-state index is 12.4. The summed E-state index contributed by atoms with van der Waals surface area (Å²) in [5.41, 5.74) is 1.87. The number of carbonyl (C=O) groups excluding carboxylic acids is 2. The third-order valence-electron chi connectivity index (χ3n) is 3.72. The third-order valence-corrected chi connectivity index (χ3v) is 3.72. The monoisotopic (exact) mass is 290 g/mol. The number of methoxy groups -OCH3 is 1. The molecule has 0 aliphatic carbocycles. The number of likely N-dealkylation sites (tertiary alicyclic amines) is 1. The van der Waals surface area contributed by atoms with E-state index in [-0.39, 0.29) is 24.5 Å². The summed E-state index contributed by atoms with van der Waals surface area (Å²) >= 11 is 0. The van der Waals surface area contributed by atoms with Gasteiger partial charge in [-0.1, -0.05) is 17.7 Å². The molecule has 5 heteroatoms. The molecule has 0 atom stereocenters. The van der Waals surface area contributed by atoms with Crippen LogP contribution in [0, 0.1) is 6.92 Å². The summed E-state index contributed by atoms with van der Waals surface area (Å²) in [6, 6.07) is 7.76. The predicted octanol–water partition coefficient (Wildman–Crippen LogP) is 1.36. The molecule has 0 spiro atoms. The molecule has 5 nitrogen and oxygen atoms in total. The van der Waals surface area contributed by atoms with E-state index >= 15 is 0 Å². The Hall–Kier alpha value is -1.88. The van der Waals surface area contributed by atoms with E-state index in [2.05, 4.69) is 5.32 Å². The highest BCUT2D eigenvalue weighted by molar-refractivity contribution is 5.94. The van der Waals surface area contributed by atoms with Crippen molar-refractivity contribution in [2.24, 2.45) is 0 Å². The first-order valence-electron chi connectivity index (χ1n) is 7.24. The largest absolute Gasteiger partial charge is 0.375 e. The number of nitrogens with one attached hydrogen (secondary N) is 1. The lowest BCUT2D eigenvalue weighted by atomic mass is 10.0. The number of amides is 2. The van der Waals surface area contributed by atoms with Crippen LogP contribution in [0.4, 0.5) is 0 Å². The Bertz CT molecular complexity index is 491. The number of piperidine rings is 1. The van der Waals surface area contributed by atoms with Gasteiger partial charge in [-0.05, 0) is 31.9 Å². The zero-order chi connectivity index (χ0) is 15.2. The van der Waals surface area contributed by atoms with E-state index in [9.17, 15) is 9.59 Å². The first-order chi connectivity index (χ1) is 10.1. The van der Waals surface area contributed by atoms with Gasteiger partial charge < -0.3 is 15.0 Å². The van der Waals surface area contributed by atoms with Crippen molar-refractivity contribution in [3.8, 4) is 0 Å². The average Bonchev–Trinajstić information content (AvgIpc) is 2.48. The lowest BCUT2D eigenvalue weighted by molar-refractivity contribution is -0.125. The molecule has 0 unspecified atom stereocenters. The molecule has 1 N–H and O–H groups in total. The molecule has 1 aliphatic heterocycles. The molecule has 2 rings (SSSR count). The van der Waals surface area contributed by atoms with Crippen LogP contribution in [0.15, 0.2) is 24.3 Å². The van der Waals surface area contributed by atoms with Crippen LogP contribution in [-0.2, 0) is 9.53 Å². The van der Waals surface area contributed by atoms with E-state index in [4.69, 9.17) is 4.74 Å². The van der Waals surface area contributed by atoms with E-state index < -0.39 is 0 Å². The number of benzene rings is 1. The Balaban J connectivity index is 1.84. The molecule has 2 amide bonds. The highest BCUT2D eigenvalue weighted by atomic mass is 16.5. The minimum absolute atomic E-state index is 0.0664. The van der Waals surface area contributed by atoms with Gasteiger partial charge in [-0.25, -0.2) is 0 Å². The van der Waals surface area contributed by atoms with Gasteiger partial charge in [-0.3, -0.25) is 9.59 Å². The fourth-order valence-corrected chi connectivity index (χ4v) is 2.51. The van der Waals surface area contributed by atoms with E-state index in [1.165, 1.54) is 7.11 Å². The van der Waals surface area contributed by atoms with Crippen molar-refractivity contribution in [1.82, 2.24) is 10.2 Å². The Kier molecular flexibility index (Phi) is 5.33. The van der Waals surface area contributed by atoms with Gasteiger partial charge in [0.1, 0.15) is 6.61 Å². The lowest BCUT2D eigenvalue weighted by Gasteiger charge is -2.32. The van der Waals surface area contributed by atoms with Gasteiger partial charge in [0, 0.05) is 31.8 Å². The number of nitrogens with zero attached hydrogens (tertiary/aromatic N) is 1. The standard InChI is InChI=1S/C16H22N2O3/c1-12-3-5-13(6-4-12)16(20)18-9-7-14(8-10-18)17-15(19)11-21-2/h3-6,14H,7-11H2,1-2H3,(H,17,19). The summed E-state index contributed by atoms with van der Waals surface area (Å²) in [5.74, 6) is -0.0301. The molecule has 1 saturated heterocycles. The van der Waals surface area contributed by atoms with Crippen molar-refractivity contribution >= 4 is 11.8 Å². The van der Waals surface area contributed by atoms with Crippen molar-refractivity contribution < 1.29 is 14.3 Å². The lowest BCUT2D eigenvalue weighted by Crippen LogP contribution is -2.47. The molecule has 114 valence electrons. The highest BCUT2D eigenvalue weighted by Gasteiger charge is 2.24. The number of ether oxygens (including phenoxy) is 1. The fourth-order valence-electron chi connectivity index (χ4n) is 2.51. The topological polar surface area (TPSA) is 58.6 Å². The summed E-state index contributed by atoms with van der Waals surface area (Å²) in [6.45, 7) is 3.43. The highest BCUT2D eigenvalue weighted by Crippen LogP contribution is 2.14. The van der Waals surface area contributed by atoms with E-state index in [0.717, 1.165) is 24.0 Å². The molecule has 0 aromatic heterocycles. The van der Waals surface area contributed by atoms with Gasteiger partial charge in [0.2, 0.25) is 5.91 Å². The smallest absolute Gasteiger partial charge is 0.253 e. The van der Waals surface area contributed by atoms with E-state index in [1.54, 1.807) is 0 Å². The summed E-state index contributed by atoms with van der Waals surface area (Å²) in [6.07, 6.45) is 1.57. The normalized spacial score (nSPS) is 15.8. The molecule has 1 fully saturated rings. The minimum atomic E-state index is -0.0965. The molecule has 1 aromatic rings. The zero-order valence-electron chi connectivity index (χ0n) is 12.6. The van der Waals surface area contributed by atoms with Gasteiger partial charge >= 0.3 is 0 Å². The predicted molar refractivity (Wildman–Crippen MR) is 80.1 cm³/mol. The zero-order valence-corrected chi connectivity index (χ0v) is 12.6. The maximum Gasteiger partial charge on any atom is 0.253 e. The van der Waals surface area contributed by atoms with E-state index in [0.29, 0.717) is 13.1 Å². The van der Waals surface area contributed by atoms with Gasteiger partial charge in [-0.15, -0.1) is 0 Å². The van der Waals surface area contributed by atoms with Crippen LogP contribution >= 0.6 is 0 Å². The first kappa shape index (κ1) is 15.5. The molecular formula is C16H22N2O3. The number of aryl methyl sites for hydroxylation is 1. The van der Waals surface area contributed by atoms with E-state index in [1.807, 2.05) is 36.1 Å². The molecule has 21 heavy (non-hydrogen) atoms. The molecule has 1 heterocycles. The van der Waals surface area contributed by atoms with Crippen molar-refractivity contribution in [3.63, 3.8) is 0 Å². The second-order valence-corrected chi connectivity index (χ2v) is 5.43. The Morgan fingerprint density at radius 2 is 1.86 bits per heavy atom. The molecule has 0 saturated carbocycles. The van der Waals surface area contributed by atoms with Gasteiger partial charge in [0.15, 0.2) is 0 Å². The summed E-state index contributed by atoms with van der Waals surface area (Å²) < 4.78 is 4.80. The molecular weight excluding hydrogens is 268 g/mol. The summed E-state index contributed by atoms with van der Waals surface area (Å²) in [7, 11) is 1.50. The van der Waals surface area contributed by atoms with Crippen molar-refractivity contribution in [2.45, 2.75) is 25.8 Å². The van der Waals surface area contributed by atoms with Gasteiger partial charge in [0.05, 0.1) is 0 Å². The Labute approximate surface area is 125 Å². The SMILES string of the molecule is COCC(=O)NC1CCN(C(=O)c2ccc(C)cc2)CC1. The number of hydrogen-bond acceptors (Lipinski definition) is 3. The third kappa shape index (κ3) is 4.29. The van der Waals surface area contributed by atoms with Crippen LogP contribution in [0.3, 0.4) is 0 Å². The quantitative estimate of drug-likeness (QED) is 0.911. The fraction of sp³-hybridized carbons (Fsp3) is 0.500. The number of rotatable bonds is 4. The summed E-state index contributed by atoms with van der Waals surface area (Å²) in [5, 5.41) is 2.92. The van der Waals surface area contributed by atoms with Crippen molar-refractivity contribution in [1.29, 1.82) is 0 Å². The maximum atomic E-state index is 12.4. The first-order valence-corrected chi connectivity index (χ1v) is 7.24. The van der Waals surface area contributed by atoms with Crippen LogP contribution in [0.25, 0.3) is 0 Å². The van der Waals surface area contributed by atoms with Gasteiger partial charge in [-0.2, -0.15) is 0 Å². The van der Waals surface area contributed by atoms with Crippen LogP contribution in [0.2, 0.25) is 0 Å². The van der Waals surface area contributed by atoms with Crippen LogP contribution in [-0.4, -0.2) is 49.6 Å². The number of carbonyl (C=O) groups is 2. The second-order valence-electron chi connectivity index (χ2n) is 5.43. The Morgan fingerprint density at radius 3 is 2.43 bits per heavy atom. The average molecular weight is 290 g/mol. The number of hydrogen-bond donors (Lipinski definition) is 1. The Morgan fingerprint density at radius 1 is 1.24 bits per heavy atom. The van der Waals surface area contributed by atoms with Gasteiger partial charge in [0.25, 0.3) is 5.91 Å². The van der Waals surface area contributed by atoms with Crippen molar-refractivity contribution in [3.05, 3.63) is 35.4 Å². The van der Waals surface area contributed by atoms with Crippen LogP contribution in [0.1, 0.15) is 28.8 Å². The molecule has 1 aliphatic rings. The molecule has 1 aromatic carbocycles. The minimum Gasteiger partial charge on any atom is -0.375 e. The molecule has 0 bridgehead atoms. The van der Waals surface area contributed by atoms with Crippen LogP contribution in [0.5, 0.6) is 0 Å².